The Kier molecular flexibility index (Phi) is 2.96. The molecule has 1 amide bonds. The maximum absolute atomic E-state index is 11.9. The summed E-state index contributed by atoms with van der Waals surface area (Å²) in [5.74, 6) is 1.29. The summed E-state index contributed by atoms with van der Waals surface area (Å²) >= 11 is 0. The van der Waals surface area contributed by atoms with Gasteiger partial charge in [-0.3, -0.25) is 9.48 Å². The third-order valence-corrected chi connectivity index (χ3v) is 3.11. The van der Waals surface area contributed by atoms with Gasteiger partial charge in [0.25, 0.3) is 0 Å². The molecule has 16 heavy (non-hydrogen) atoms. The van der Waals surface area contributed by atoms with Crippen LogP contribution >= 0.6 is 0 Å². The van der Waals surface area contributed by atoms with Gasteiger partial charge in [-0.2, -0.15) is 5.10 Å². The second-order valence-electron chi connectivity index (χ2n) is 4.50. The van der Waals surface area contributed by atoms with E-state index in [1.807, 2.05) is 20.2 Å². The van der Waals surface area contributed by atoms with Crippen molar-refractivity contribution in [3.63, 3.8) is 0 Å². The van der Waals surface area contributed by atoms with E-state index in [1.165, 1.54) is 12.8 Å². The van der Waals surface area contributed by atoms with Crippen molar-refractivity contribution in [3.05, 3.63) is 11.8 Å². The van der Waals surface area contributed by atoms with Crippen LogP contribution in [-0.4, -0.2) is 15.7 Å². The molecule has 0 radical (unpaired) electrons. The fourth-order valence-electron chi connectivity index (χ4n) is 1.83. The normalized spacial score (nSPS) is 17.2. The molecule has 1 atom stereocenters. The van der Waals surface area contributed by atoms with Crippen LogP contribution in [0.25, 0.3) is 0 Å². The summed E-state index contributed by atoms with van der Waals surface area (Å²) < 4.78 is 1.67. The molecule has 1 aliphatic rings. The van der Waals surface area contributed by atoms with Crippen LogP contribution < -0.4 is 11.1 Å². The second-order valence-corrected chi connectivity index (χ2v) is 4.50. The first kappa shape index (κ1) is 11.1. The molecule has 0 saturated heterocycles. The number of amides is 1. The van der Waals surface area contributed by atoms with Gasteiger partial charge in [-0.25, -0.2) is 0 Å². The number of carbonyl (C=O) groups excluding carboxylic acids is 1. The SMILES string of the molecule is CC(C(=O)Nc1nn(C)cc1CN)C1CC1. The minimum Gasteiger partial charge on any atom is -0.326 e. The lowest BCUT2D eigenvalue weighted by atomic mass is 10.1. The number of nitrogens with one attached hydrogen (secondary N) is 1. The van der Waals surface area contributed by atoms with E-state index in [-0.39, 0.29) is 11.8 Å². The Balaban J connectivity index is 2.04. The molecule has 1 aliphatic carbocycles. The maximum Gasteiger partial charge on any atom is 0.228 e. The number of hydrogen-bond donors (Lipinski definition) is 2. The zero-order chi connectivity index (χ0) is 11.7. The minimum atomic E-state index is 0.0518. The number of hydrogen-bond acceptors (Lipinski definition) is 3. The fourth-order valence-corrected chi connectivity index (χ4v) is 1.83. The largest absolute Gasteiger partial charge is 0.326 e. The molecule has 1 fully saturated rings. The lowest BCUT2D eigenvalue weighted by molar-refractivity contribution is -0.119. The lowest BCUT2D eigenvalue weighted by Crippen LogP contribution is -2.23. The molecule has 1 aromatic rings. The summed E-state index contributed by atoms with van der Waals surface area (Å²) in [7, 11) is 1.82. The zero-order valence-electron chi connectivity index (χ0n) is 9.73. The molecular formula is C11H18N4O. The van der Waals surface area contributed by atoms with Crippen LogP contribution in [0.1, 0.15) is 25.3 Å². The van der Waals surface area contributed by atoms with Crippen LogP contribution in [0.4, 0.5) is 5.82 Å². The molecule has 1 heterocycles. The molecule has 5 nitrogen and oxygen atoms in total. The van der Waals surface area contributed by atoms with Crippen LogP contribution in [0.15, 0.2) is 6.20 Å². The van der Waals surface area contributed by atoms with Crippen LogP contribution in [0.3, 0.4) is 0 Å². The van der Waals surface area contributed by atoms with Crippen LogP contribution in [0, 0.1) is 11.8 Å². The van der Waals surface area contributed by atoms with Crippen molar-refractivity contribution in [2.75, 3.05) is 5.32 Å². The van der Waals surface area contributed by atoms with Gasteiger partial charge in [0.05, 0.1) is 0 Å². The van der Waals surface area contributed by atoms with E-state index in [4.69, 9.17) is 5.73 Å². The third-order valence-electron chi connectivity index (χ3n) is 3.11. The average molecular weight is 222 g/mol. The average Bonchev–Trinajstić information content (AvgIpc) is 3.03. The Morgan fingerprint density at radius 3 is 3.00 bits per heavy atom. The van der Waals surface area contributed by atoms with E-state index in [0.29, 0.717) is 18.3 Å². The smallest absolute Gasteiger partial charge is 0.228 e. The van der Waals surface area contributed by atoms with E-state index in [2.05, 4.69) is 10.4 Å². The van der Waals surface area contributed by atoms with Crippen molar-refractivity contribution in [3.8, 4) is 0 Å². The predicted molar refractivity (Wildman–Crippen MR) is 61.6 cm³/mol. The molecule has 0 aromatic carbocycles. The summed E-state index contributed by atoms with van der Waals surface area (Å²) in [6, 6.07) is 0. The highest BCUT2D eigenvalue weighted by Gasteiger charge is 2.32. The first-order valence-electron chi connectivity index (χ1n) is 5.65. The summed E-state index contributed by atoms with van der Waals surface area (Å²) in [4.78, 5) is 11.9. The molecule has 0 aliphatic heterocycles. The lowest BCUT2D eigenvalue weighted by Gasteiger charge is -2.09. The molecule has 1 aromatic heterocycles. The highest BCUT2D eigenvalue weighted by molar-refractivity contribution is 5.92. The third kappa shape index (κ3) is 2.24. The first-order valence-corrected chi connectivity index (χ1v) is 5.65. The summed E-state index contributed by atoms with van der Waals surface area (Å²) in [5, 5.41) is 7.04. The molecule has 1 unspecified atom stereocenters. The van der Waals surface area contributed by atoms with Gasteiger partial charge in [0.1, 0.15) is 0 Å². The topological polar surface area (TPSA) is 72.9 Å². The van der Waals surface area contributed by atoms with Gasteiger partial charge in [-0.1, -0.05) is 6.92 Å². The number of aromatic nitrogens is 2. The Bertz CT molecular complexity index is 395. The molecule has 3 N–H and O–H groups in total. The van der Waals surface area contributed by atoms with Crippen LogP contribution in [-0.2, 0) is 18.4 Å². The number of rotatable bonds is 4. The number of anilines is 1. The highest BCUT2D eigenvalue weighted by Crippen LogP contribution is 2.37. The second kappa shape index (κ2) is 4.25. The van der Waals surface area contributed by atoms with E-state index in [1.54, 1.807) is 4.68 Å². The number of aryl methyl sites for hydroxylation is 1. The van der Waals surface area contributed by atoms with Gasteiger partial charge < -0.3 is 11.1 Å². The van der Waals surface area contributed by atoms with Crippen LogP contribution in [0.2, 0.25) is 0 Å². The molecule has 5 heteroatoms. The molecule has 88 valence electrons. The van der Waals surface area contributed by atoms with E-state index in [9.17, 15) is 4.79 Å². The minimum absolute atomic E-state index is 0.0518. The molecule has 1 saturated carbocycles. The molecule has 2 rings (SSSR count). The zero-order valence-corrected chi connectivity index (χ0v) is 9.73. The van der Waals surface area contributed by atoms with Gasteiger partial charge >= 0.3 is 0 Å². The van der Waals surface area contributed by atoms with Crippen molar-refractivity contribution in [2.24, 2.45) is 24.6 Å². The Morgan fingerprint density at radius 1 is 1.75 bits per heavy atom. The quantitative estimate of drug-likeness (QED) is 0.793. The Labute approximate surface area is 95.0 Å². The summed E-state index contributed by atoms with van der Waals surface area (Å²) in [6.07, 6.45) is 4.17. The van der Waals surface area contributed by atoms with E-state index in [0.717, 1.165) is 5.56 Å². The van der Waals surface area contributed by atoms with Gasteiger partial charge in [0, 0.05) is 31.3 Å². The van der Waals surface area contributed by atoms with Crippen LogP contribution in [0.5, 0.6) is 0 Å². The van der Waals surface area contributed by atoms with Crippen molar-refractivity contribution in [1.82, 2.24) is 9.78 Å². The maximum atomic E-state index is 11.9. The van der Waals surface area contributed by atoms with Gasteiger partial charge in [0.2, 0.25) is 5.91 Å². The highest BCUT2D eigenvalue weighted by atomic mass is 16.2. The standard InChI is InChI=1S/C11H18N4O/c1-7(8-3-4-8)11(16)13-10-9(5-12)6-15(2)14-10/h6-8H,3-5,12H2,1-2H3,(H,13,14,16). The van der Waals surface area contributed by atoms with Gasteiger partial charge in [-0.15, -0.1) is 0 Å². The monoisotopic (exact) mass is 222 g/mol. The molecule has 0 bridgehead atoms. The van der Waals surface area contributed by atoms with Gasteiger partial charge in [0.15, 0.2) is 5.82 Å². The van der Waals surface area contributed by atoms with E-state index >= 15 is 0 Å². The van der Waals surface area contributed by atoms with E-state index < -0.39 is 0 Å². The number of nitrogens with zero attached hydrogens (tertiary/aromatic N) is 2. The van der Waals surface area contributed by atoms with Crippen molar-refractivity contribution < 1.29 is 4.79 Å². The van der Waals surface area contributed by atoms with Crippen molar-refractivity contribution in [2.45, 2.75) is 26.3 Å². The Morgan fingerprint density at radius 2 is 2.44 bits per heavy atom. The fraction of sp³-hybridized carbons (Fsp3) is 0.636. The Hall–Kier alpha value is -1.36. The number of nitrogens with two attached hydrogens (primary N) is 1. The first-order chi connectivity index (χ1) is 7.61. The predicted octanol–water partition coefficient (Wildman–Crippen LogP) is 0.863. The van der Waals surface area contributed by atoms with Crippen molar-refractivity contribution >= 4 is 11.7 Å². The summed E-state index contributed by atoms with van der Waals surface area (Å²) in [6.45, 7) is 2.36. The van der Waals surface area contributed by atoms with Crippen molar-refractivity contribution in [1.29, 1.82) is 0 Å². The molecular weight excluding hydrogens is 204 g/mol. The van der Waals surface area contributed by atoms with Gasteiger partial charge in [-0.05, 0) is 18.8 Å². The number of carbonyl (C=O) groups is 1. The summed E-state index contributed by atoms with van der Waals surface area (Å²) in [5.41, 5.74) is 6.46. The molecule has 0 spiro atoms.